The number of ether oxygens (including phenoxy) is 4. The molecule has 0 amide bonds. The maximum atomic E-state index is 6.55. The molecule has 2 aromatic heterocycles. The Morgan fingerprint density at radius 1 is 0.448 bits per heavy atom. The van der Waals surface area contributed by atoms with Crippen molar-refractivity contribution in [2.24, 2.45) is 23.7 Å². The minimum atomic E-state index is 0.425. The van der Waals surface area contributed by atoms with Crippen LogP contribution in [-0.2, 0) is 0 Å². The van der Waals surface area contributed by atoms with E-state index < -0.39 is 0 Å². The Morgan fingerprint density at radius 3 is 1.10 bits per heavy atom. The van der Waals surface area contributed by atoms with E-state index in [9.17, 15) is 0 Å². The van der Waals surface area contributed by atoms with Gasteiger partial charge < -0.3 is 18.9 Å². The fourth-order valence-corrected chi connectivity index (χ4v) is 8.46. The highest BCUT2D eigenvalue weighted by atomic mass is 79.9. The molecule has 0 aliphatic heterocycles. The van der Waals surface area contributed by atoms with Crippen molar-refractivity contribution in [1.29, 1.82) is 0 Å². The molecular weight excluding hydrogens is 888 g/mol. The third-order valence-corrected chi connectivity index (χ3v) is 13.8. The van der Waals surface area contributed by atoms with Crippen LogP contribution in [0.15, 0.2) is 80.4 Å². The molecule has 0 saturated heterocycles. The summed E-state index contributed by atoms with van der Waals surface area (Å²) in [7, 11) is 0. The summed E-state index contributed by atoms with van der Waals surface area (Å²) in [5.41, 5.74) is 6.52. The first-order valence-corrected chi connectivity index (χ1v) is 24.1. The van der Waals surface area contributed by atoms with Gasteiger partial charge in [-0.25, -0.2) is 0 Å². The van der Waals surface area contributed by atoms with Crippen LogP contribution in [0, 0.1) is 23.7 Å². The smallest absolute Gasteiger partial charge is 0.161 e. The van der Waals surface area contributed by atoms with Crippen molar-refractivity contribution >= 4 is 78.8 Å². The summed E-state index contributed by atoms with van der Waals surface area (Å²) < 4.78 is 28.1. The van der Waals surface area contributed by atoms with Gasteiger partial charge in [0.15, 0.2) is 23.0 Å². The van der Waals surface area contributed by atoms with Gasteiger partial charge in [0.25, 0.3) is 0 Å². The van der Waals surface area contributed by atoms with E-state index in [1.807, 2.05) is 0 Å². The fraction of sp³-hybridized carbons (Fsp3) is 0.400. The summed E-state index contributed by atoms with van der Waals surface area (Å²) in [5, 5.41) is 0. The summed E-state index contributed by atoms with van der Waals surface area (Å²) in [5.74, 6) is 4.87. The Hall–Kier alpha value is -3.30. The van der Waals surface area contributed by atoms with Gasteiger partial charge in [-0.15, -0.1) is 22.7 Å². The molecule has 3 aromatic carbocycles. The molecule has 58 heavy (non-hydrogen) atoms. The van der Waals surface area contributed by atoms with Crippen LogP contribution in [0.4, 0.5) is 0 Å². The van der Waals surface area contributed by atoms with Gasteiger partial charge in [0.2, 0.25) is 0 Å². The Morgan fingerprint density at radius 2 is 0.793 bits per heavy atom. The monoisotopic (exact) mass is 946 g/mol. The van der Waals surface area contributed by atoms with Crippen LogP contribution in [0.1, 0.15) is 102 Å². The zero-order valence-electron chi connectivity index (χ0n) is 35.4. The SMILES string of the molecule is CCC(C)COc1ccc(-c2cc(C=Cc3ccc(Br)s3)c(-c3ccc(OCC(C)CC)c(OCC(C)CC)c3)cc2C=Cc2ccc(Br)s2)cc1OCC(C)CC. The normalized spacial score (nSPS) is 13.8. The fourth-order valence-electron chi connectivity index (χ4n) is 5.80. The van der Waals surface area contributed by atoms with Crippen LogP contribution >= 0.6 is 54.5 Å². The molecule has 5 rings (SSSR count). The Kier molecular flexibility index (Phi) is 18.1. The van der Waals surface area contributed by atoms with Crippen LogP contribution in [0.2, 0.25) is 0 Å². The van der Waals surface area contributed by atoms with Gasteiger partial charge in [0.1, 0.15) is 0 Å². The lowest BCUT2D eigenvalue weighted by Crippen LogP contribution is -2.11. The zero-order valence-corrected chi connectivity index (χ0v) is 40.2. The van der Waals surface area contributed by atoms with Crippen molar-refractivity contribution in [3.05, 3.63) is 101 Å². The Labute approximate surface area is 373 Å². The molecule has 0 radical (unpaired) electrons. The molecule has 5 aromatic rings. The number of hydrogen-bond donors (Lipinski definition) is 0. The second-order valence-corrected chi connectivity index (χ2v) is 20.6. The molecule has 0 aliphatic carbocycles. The van der Waals surface area contributed by atoms with Crippen LogP contribution in [0.5, 0.6) is 23.0 Å². The van der Waals surface area contributed by atoms with E-state index in [1.54, 1.807) is 22.7 Å². The summed E-state index contributed by atoms with van der Waals surface area (Å²) in [4.78, 5) is 2.34. The molecule has 0 aliphatic rings. The van der Waals surface area contributed by atoms with E-state index in [2.05, 4.69) is 184 Å². The van der Waals surface area contributed by atoms with E-state index in [1.165, 1.54) is 9.75 Å². The second kappa shape index (κ2) is 22.9. The number of thiophene rings is 2. The predicted octanol–water partition coefficient (Wildman–Crippen LogP) is 16.7. The van der Waals surface area contributed by atoms with Gasteiger partial charge in [-0.1, -0.05) is 105 Å². The molecule has 4 unspecified atom stereocenters. The average molecular weight is 949 g/mol. The maximum absolute atomic E-state index is 6.55. The number of hydrogen-bond acceptors (Lipinski definition) is 6. The maximum Gasteiger partial charge on any atom is 0.161 e. The summed E-state index contributed by atoms with van der Waals surface area (Å²) in [6.07, 6.45) is 13.1. The lowest BCUT2D eigenvalue weighted by molar-refractivity contribution is 0.218. The first kappa shape index (κ1) is 45.8. The Bertz CT molecular complexity index is 1960. The third-order valence-electron chi connectivity index (χ3n) is 10.7. The van der Waals surface area contributed by atoms with Crippen LogP contribution in [-0.4, -0.2) is 26.4 Å². The van der Waals surface area contributed by atoms with Crippen molar-refractivity contribution < 1.29 is 18.9 Å². The van der Waals surface area contributed by atoms with Gasteiger partial charge in [0, 0.05) is 9.75 Å². The third kappa shape index (κ3) is 13.4. The molecule has 0 saturated carbocycles. The van der Waals surface area contributed by atoms with E-state index in [0.29, 0.717) is 50.1 Å². The van der Waals surface area contributed by atoms with E-state index in [0.717, 1.165) is 89.6 Å². The molecule has 0 spiro atoms. The number of halogens is 2. The molecule has 2 heterocycles. The zero-order chi connectivity index (χ0) is 41.6. The first-order valence-electron chi connectivity index (χ1n) is 20.8. The first-order chi connectivity index (χ1) is 28.0. The standard InChI is InChI=1S/C50H60Br2O4S2/c1-9-33(5)29-53-45-21-15-39(27-47(45)55-31-35(7)11-3)43-25-38(14-18-42-20-24-50(52)58-42)44(26-37(43)13-17-41-19-23-49(51)57-41)40-16-22-46(54-30-34(6)10-2)48(28-40)56-32-36(8)12-4/h13-28,33-36H,9-12,29-32H2,1-8H3. The van der Waals surface area contributed by atoms with E-state index in [4.69, 9.17) is 18.9 Å². The van der Waals surface area contributed by atoms with E-state index >= 15 is 0 Å². The molecule has 0 fully saturated rings. The largest absolute Gasteiger partial charge is 0.489 e. The van der Waals surface area contributed by atoms with Crippen LogP contribution in [0.3, 0.4) is 0 Å². The molecule has 4 atom stereocenters. The van der Waals surface area contributed by atoms with Crippen LogP contribution in [0.25, 0.3) is 46.6 Å². The molecule has 310 valence electrons. The van der Waals surface area contributed by atoms with Gasteiger partial charge in [-0.05, 0) is 162 Å². The Balaban J connectivity index is 1.71. The summed E-state index contributed by atoms with van der Waals surface area (Å²) >= 11 is 10.7. The highest BCUT2D eigenvalue weighted by molar-refractivity contribution is 9.11. The van der Waals surface area contributed by atoms with Crippen molar-refractivity contribution in [3.63, 3.8) is 0 Å². The van der Waals surface area contributed by atoms with Gasteiger partial charge in [-0.3, -0.25) is 0 Å². The van der Waals surface area contributed by atoms with Gasteiger partial charge in [0.05, 0.1) is 34.0 Å². The van der Waals surface area contributed by atoms with Gasteiger partial charge >= 0.3 is 0 Å². The van der Waals surface area contributed by atoms with Crippen molar-refractivity contribution in [2.75, 3.05) is 26.4 Å². The summed E-state index contributed by atoms with van der Waals surface area (Å²) in [6, 6.07) is 25.9. The number of rotatable bonds is 22. The molecule has 4 nitrogen and oxygen atoms in total. The van der Waals surface area contributed by atoms with Crippen molar-refractivity contribution in [3.8, 4) is 45.3 Å². The van der Waals surface area contributed by atoms with Crippen LogP contribution < -0.4 is 18.9 Å². The van der Waals surface area contributed by atoms with Crippen molar-refractivity contribution in [1.82, 2.24) is 0 Å². The molecule has 8 heteroatoms. The highest BCUT2D eigenvalue weighted by Crippen LogP contribution is 2.41. The minimum absolute atomic E-state index is 0.425. The van der Waals surface area contributed by atoms with Gasteiger partial charge in [-0.2, -0.15) is 0 Å². The number of benzene rings is 3. The lowest BCUT2D eigenvalue weighted by atomic mass is 9.89. The summed E-state index contributed by atoms with van der Waals surface area (Å²) in [6.45, 7) is 20.2. The predicted molar refractivity (Wildman–Crippen MR) is 259 cm³/mol. The average Bonchev–Trinajstić information content (AvgIpc) is 3.87. The minimum Gasteiger partial charge on any atom is -0.489 e. The second-order valence-electron chi connectivity index (χ2n) is 15.6. The topological polar surface area (TPSA) is 36.9 Å². The highest BCUT2D eigenvalue weighted by Gasteiger charge is 2.18. The van der Waals surface area contributed by atoms with E-state index in [-0.39, 0.29) is 0 Å². The quantitative estimate of drug-likeness (QED) is 0.0693. The van der Waals surface area contributed by atoms with Crippen molar-refractivity contribution in [2.45, 2.75) is 81.1 Å². The molecule has 0 bridgehead atoms. The molecule has 0 N–H and O–H groups in total. The lowest BCUT2D eigenvalue weighted by Gasteiger charge is -2.20. The molecular formula is C50H60Br2O4S2.